The van der Waals surface area contributed by atoms with Gasteiger partial charge in [-0.05, 0) is 37.6 Å². The summed E-state index contributed by atoms with van der Waals surface area (Å²) in [5.74, 6) is -1.77. The normalized spacial score (nSPS) is 11.6. The van der Waals surface area contributed by atoms with Crippen molar-refractivity contribution < 1.29 is 14.3 Å². The van der Waals surface area contributed by atoms with Crippen LogP contribution in [0.1, 0.15) is 35.6 Å². The van der Waals surface area contributed by atoms with Gasteiger partial charge in [-0.2, -0.15) is 0 Å². The van der Waals surface area contributed by atoms with Gasteiger partial charge in [-0.3, -0.25) is 13.9 Å². The monoisotopic (exact) mass is 386 g/mol. The van der Waals surface area contributed by atoms with E-state index in [2.05, 4.69) is 4.98 Å². The fourth-order valence-corrected chi connectivity index (χ4v) is 3.07. The molecular weight excluding hydrogens is 367 g/mol. The highest BCUT2D eigenvalue weighted by atomic mass is 19.1. The summed E-state index contributed by atoms with van der Waals surface area (Å²) in [5.41, 5.74) is -0.219. The predicted octanol–water partition coefficient (Wildman–Crippen LogP) is 1.94. The standard InChI is InChI=1S/C19H19FN4O4/c1-4-23-16-15(17(25)24(5-2)19(23)28)22(3)14(21-16)9-7-11-6-8-13(20)12(10-11)18(26)27/h6-10H,4-5H2,1-3H3,(H,26,27)/b9-7+. The van der Waals surface area contributed by atoms with Crippen LogP contribution < -0.4 is 11.2 Å². The number of hydrogen-bond donors (Lipinski definition) is 1. The SMILES string of the molecule is CCn1c(=O)c2c(nc(/C=C/c3ccc(F)c(C(=O)O)c3)n2C)n(CC)c1=O. The van der Waals surface area contributed by atoms with Crippen molar-refractivity contribution in [3.05, 3.63) is 61.8 Å². The number of carboxylic acids is 1. The predicted molar refractivity (Wildman–Crippen MR) is 103 cm³/mol. The van der Waals surface area contributed by atoms with E-state index in [9.17, 15) is 18.8 Å². The Kier molecular flexibility index (Phi) is 5.00. The molecule has 0 aliphatic rings. The molecule has 1 aromatic carbocycles. The molecule has 28 heavy (non-hydrogen) atoms. The molecular formula is C19H19FN4O4. The lowest BCUT2D eigenvalue weighted by Crippen LogP contribution is -2.39. The fraction of sp³-hybridized carbons (Fsp3) is 0.263. The topological polar surface area (TPSA) is 99.1 Å². The number of aryl methyl sites for hydroxylation is 2. The molecule has 9 heteroatoms. The van der Waals surface area contributed by atoms with Gasteiger partial charge in [-0.1, -0.05) is 12.1 Å². The molecule has 8 nitrogen and oxygen atoms in total. The molecule has 2 aromatic heterocycles. The fourth-order valence-electron chi connectivity index (χ4n) is 3.07. The zero-order valence-electron chi connectivity index (χ0n) is 15.6. The number of aromatic carboxylic acids is 1. The molecule has 0 aliphatic heterocycles. The smallest absolute Gasteiger partial charge is 0.338 e. The van der Waals surface area contributed by atoms with Crippen LogP contribution in [-0.4, -0.2) is 29.8 Å². The molecule has 0 amide bonds. The van der Waals surface area contributed by atoms with E-state index >= 15 is 0 Å². The number of aromatic nitrogens is 4. The lowest BCUT2D eigenvalue weighted by Gasteiger charge is -2.08. The van der Waals surface area contributed by atoms with Crippen LogP contribution in [0.2, 0.25) is 0 Å². The van der Waals surface area contributed by atoms with E-state index in [-0.39, 0.29) is 12.2 Å². The van der Waals surface area contributed by atoms with Gasteiger partial charge in [-0.25, -0.2) is 19.0 Å². The summed E-state index contributed by atoms with van der Waals surface area (Å²) in [4.78, 5) is 40.6. The maximum atomic E-state index is 13.5. The number of carboxylic acid groups (broad SMARTS) is 1. The maximum absolute atomic E-state index is 13.5. The number of fused-ring (bicyclic) bond motifs is 1. The Hall–Kier alpha value is -3.49. The minimum atomic E-state index is -1.36. The second-order valence-electron chi connectivity index (χ2n) is 6.16. The third kappa shape index (κ3) is 3.04. The summed E-state index contributed by atoms with van der Waals surface area (Å²) in [5, 5.41) is 9.03. The molecule has 0 bridgehead atoms. The first-order valence-corrected chi connectivity index (χ1v) is 8.71. The number of halogens is 1. The van der Waals surface area contributed by atoms with Gasteiger partial charge in [0.15, 0.2) is 11.2 Å². The van der Waals surface area contributed by atoms with E-state index in [0.717, 1.165) is 10.6 Å². The third-order valence-electron chi connectivity index (χ3n) is 4.55. The number of benzene rings is 1. The van der Waals surface area contributed by atoms with E-state index in [1.54, 1.807) is 37.6 Å². The molecule has 0 radical (unpaired) electrons. The molecule has 1 N–H and O–H groups in total. The van der Waals surface area contributed by atoms with Crippen LogP contribution in [-0.2, 0) is 20.1 Å². The Balaban J connectivity index is 2.17. The van der Waals surface area contributed by atoms with Crippen molar-refractivity contribution >= 4 is 29.3 Å². The molecule has 146 valence electrons. The van der Waals surface area contributed by atoms with E-state index in [4.69, 9.17) is 5.11 Å². The third-order valence-corrected chi connectivity index (χ3v) is 4.55. The van der Waals surface area contributed by atoms with E-state index in [1.165, 1.54) is 16.7 Å². The molecule has 0 unspecified atom stereocenters. The Morgan fingerprint density at radius 1 is 1.18 bits per heavy atom. The Morgan fingerprint density at radius 3 is 2.46 bits per heavy atom. The average molecular weight is 386 g/mol. The molecule has 0 atom stereocenters. The van der Waals surface area contributed by atoms with Crippen molar-refractivity contribution in [2.45, 2.75) is 26.9 Å². The largest absolute Gasteiger partial charge is 0.478 e. The van der Waals surface area contributed by atoms with Gasteiger partial charge in [0, 0.05) is 20.1 Å². The second-order valence-corrected chi connectivity index (χ2v) is 6.16. The summed E-state index contributed by atoms with van der Waals surface area (Å²) in [6, 6.07) is 3.72. The molecule has 3 aromatic rings. The van der Waals surface area contributed by atoms with Gasteiger partial charge in [0.1, 0.15) is 11.6 Å². The van der Waals surface area contributed by atoms with Crippen LogP contribution in [0.3, 0.4) is 0 Å². The second kappa shape index (κ2) is 7.26. The summed E-state index contributed by atoms with van der Waals surface area (Å²) < 4.78 is 17.7. The molecule has 0 aliphatic carbocycles. The van der Waals surface area contributed by atoms with E-state index in [1.807, 2.05) is 0 Å². The van der Waals surface area contributed by atoms with Crippen molar-refractivity contribution in [1.29, 1.82) is 0 Å². The number of nitrogens with zero attached hydrogens (tertiary/aromatic N) is 4. The minimum absolute atomic E-state index is 0.248. The number of imidazole rings is 1. The first kappa shape index (κ1) is 19.3. The Morgan fingerprint density at radius 2 is 1.86 bits per heavy atom. The molecule has 0 fully saturated rings. The van der Waals surface area contributed by atoms with Gasteiger partial charge in [0.25, 0.3) is 5.56 Å². The van der Waals surface area contributed by atoms with Crippen LogP contribution in [0, 0.1) is 5.82 Å². The van der Waals surface area contributed by atoms with Gasteiger partial charge in [-0.15, -0.1) is 0 Å². The van der Waals surface area contributed by atoms with Crippen molar-refractivity contribution in [3.8, 4) is 0 Å². The highest BCUT2D eigenvalue weighted by molar-refractivity contribution is 5.89. The lowest BCUT2D eigenvalue weighted by molar-refractivity contribution is 0.0692. The minimum Gasteiger partial charge on any atom is -0.478 e. The highest BCUT2D eigenvalue weighted by Crippen LogP contribution is 2.16. The van der Waals surface area contributed by atoms with Crippen molar-refractivity contribution in [2.24, 2.45) is 7.05 Å². The number of rotatable bonds is 5. The summed E-state index contributed by atoms with van der Waals surface area (Å²) in [6.07, 6.45) is 3.15. The van der Waals surface area contributed by atoms with Crippen LogP contribution >= 0.6 is 0 Å². The molecule has 0 saturated heterocycles. The van der Waals surface area contributed by atoms with Crippen LogP contribution in [0.4, 0.5) is 4.39 Å². The molecule has 2 heterocycles. The van der Waals surface area contributed by atoms with E-state index in [0.29, 0.717) is 23.4 Å². The number of carbonyl (C=O) groups is 1. The van der Waals surface area contributed by atoms with Gasteiger partial charge >= 0.3 is 11.7 Å². The maximum Gasteiger partial charge on any atom is 0.338 e. The number of hydrogen-bond acceptors (Lipinski definition) is 4. The lowest BCUT2D eigenvalue weighted by atomic mass is 10.1. The summed E-state index contributed by atoms with van der Waals surface area (Å²) in [7, 11) is 1.66. The van der Waals surface area contributed by atoms with Gasteiger partial charge in [0.2, 0.25) is 0 Å². The average Bonchev–Trinajstić information content (AvgIpc) is 2.98. The zero-order valence-corrected chi connectivity index (χ0v) is 15.6. The molecule has 3 rings (SSSR count). The van der Waals surface area contributed by atoms with Crippen LogP contribution in [0.15, 0.2) is 27.8 Å². The first-order valence-electron chi connectivity index (χ1n) is 8.71. The zero-order chi connectivity index (χ0) is 20.6. The van der Waals surface area contributed by atoms with E-state index < -0.39 is 28.6 Å². The Bertz CT molecular complexity index is 1230. The van der Waals surface area contributed by atoms with Gasteiger partial charge in [0.05, 0.1) is 5.56 Å². The van der Waals surface area contributed by atoms with Crippen LogP contribution in [0.25, 0.3) is 23.3 Å². The highest BCUT2D eigenvalue weighted by Gasteiger charge is 2.17. The van der Waals surface area contributed by atoms with Crippen molar-refractivity contribution in [1.82, 2.24) is 18.7 Å². The van der Waals surface area contributed by atoms with Gasteiger partial charge < -0.3 is 9.67 Å². The summed E-state index contributed by atoms with van der Waals surface area (Å²) >= 11 is 0. The molecule has 0 spiro atoms. The quantitative estimate of drug-likeness (QED) is 0.723. The first-order chi connectivity index (χ1) is 13.3. The Labute approximate surface area is 158 Å². The van der Waals surface area contributed by atoms with Crippen LogP contribution in [0.5, 0.6) is 0 Å². The van der Waals surface area contributed by atoms with Crippen molar-refractivity contribution in [2.75, 3.05) is 0 Å². The molecule has 0 saturated carbocycles. The summed E-state index contributed by atoms with van der Waals surface area (Å²) in [6.45, 7) is 4.12. The van der Waals surface area contributed by atoms with Crippen molar-refractivity contribution in [3.63, 3.8) is 0 Å².